The number of likely N-dealkylation sites (N-methyl/N-ethyl adjacent to an activating group) is 1. The molecule has 1 atom stereocenters. The van der Waals surface area contributed by atoms with Gasteiger partial charge in [0.15, 0.2) is 5.82 Å². The lowest BCUT2D eigenvalue weighted by atomic mass is 10.1. The van der Waals surface area contributed by atoms with Crippen LogP contribution in [0.4, 0.5) is 0 Å². The van der Waals surface area contributed by atoms with Crippen molar-refractivity contribution < 1.29 is 4.79 Å². The van der Waals surface area contributed by atoms with Gasteiger partial charge < -0.3 is 9.80 Å². The van der Waals surface area contributed by atoms with Crippen molar-refractivity contribution in [2.24, 2.45) is 7.05 Å². The predicted molar refractivity (Wildman–Crippen MR) is 100 cm³/mol. The Balaban J connectivity index is 1.41. The van der Waals surface area contributed by atoms with Crippen LogP contribution in [0.25, 0.3) is 0 Å². The molecule has 27 heavy (non-hydrogen) atoms. The summed E-state index contributed by atoms with van der Waals surface area (Å²) in [4.78, 5) is 27.0. The second-order valence-corrected chi connectivity index (χ2v) is 8.20. The summed E-state index contributed by atoms with van der Waals surface area (Å²) in [7, 11) is 3.99. The molecule has 0 spiro atoms. The Bertz CT molecular complexity index is 887. The Kier molecular flexibility index (Phi) is 4.00. The SMILES string of the molecule is CN1CCc2nc([C@@H]3CCCN3C(=O)c3cc(C4CC4)nn3C)ncc2C1. The van der Waals surface area contributed by atoms with E-state index < -0.39 is 0 Å². The average Bonchev–Trinajstić information content (AvgIpc) is 3.27. The van der Waals surface area contributed by atoms with E-state index in [0.717, 1.165) is 56.1 Å². The van der Waals surface area contributed by atoms with Crippen molar-refractivity contribution in [1.82, 2.24) is 29.5 Å². The summed E-state index contributed by atoms with van der Waals surface area (Å²) < 4.78 is 1.74. The topological polar surface area (TPSA) is 67.2 Å². The van der Waals surface area contributed by atoms with Crippen LogP contribution in [-0.2, 0) is 20.0 Å². The van der Waals surface area contributed by atoms with Gasteiger partial charge in [0.2, 0.25) is 0 Å². The standard InChI is InChI=1S/C20H26N6O/c1-24-9-7-15-14(12-24)11-21-19(22-15)17-4-3-8-26(17)20(27)18-10-16(13-5-6-13)23-25(18)2/h10-11,13,17H,3-9,12H2,1-2H3/t17-/m0/s1. The highest BCUT2D eigenvalue weighted by Crippen LogP contribution is 2.40. The number of nitrogens with zero attached hydrogens (tertiary/aromatic N) is 6. The van der Waals surface area contributed by atoms with Crippen molar-refractivity contribution >= 4 is 5.91 Å². The Hall–Kier alpha value is -2.28. The van der Waals surface area contributed by atoms with E-state index in [9.17, 15) is 4.79 Å². The molecular formula is C20H26N6O. The average molecular weight is 366 g/mol. The van der Waals surface area contributed by atoms with Crippen LogP contribution in [-0.4, -0.2) is 55.6 Å². The van der Waals surface area contributed by atoms with Crippen LogP contribution in [0, 0.1) is 0 Å². The summed E-state index contributed by atoms with van der Waals surface area (Å²) in [5.41, 5.74) is 4.10. The number of carbonyl (C=O) groups excluding carboxylic acids is 1. The molecule has 1 amide bonds. The predicted octanol–water partition coefficient (Wildman–Crippen LogP) is 2.05. The third-order valence-electron chi connectivity index (χ3n) is 6.07. The minimum atomic E-state index is -0.0262. The molecule has 1 aliphatic carbocycles. The lowest BCUT2D eigenvalue weighted by Crippen LogP contribution is -2.33. The molecule has 1 saturated heterocycles. The second-order valence-electron chi connectivity index (χ2n) is 8.20. The highest BCUT2D eigenvalue weighted by molar-refractivity contribution is 5.93. The number of likely N-dealkylation sites (tertiary alicyclic amines) is 1. The van der Waals surface area contributed by atoms with Gasteiger partial charge in [-0.05, 0) is 38.8 Å². The van der Waals surface area contributed by atoms with Crippen molar-refractivity contribution in [2.75, 3.05) is 20.1 Å². The Morgan fingerprint density at radius 3 is 2.85 bits per heavy atom. The van der Waals surface area contributed by atoms with Gasteiger partial charge in [0.25, 0.3) is 5.91 Å². The van der Waals surface area contributed by atoms with Gasteiger partial charge in [-0.15, -0.1) is 0 Å². The van der Waals surface area contributed by atoms with Gasteiger partial charge >= 0.3 is 0 Å². The van der Waals surface area contributed by atoms with Gasteiger partial charge in [-0.1, -0.05) is 0 Å². The Morgan fingerprint density at radius 1 is 1.19 bits per heavy atom. The normalized spacial score (nSPS) is 22.9. The molecule has 5 rings (SSSR count). The maximum absolute atomic E-state index is 13.2. The monoisotopic (exact) mass is 366 g/mol. The first-order valence-electron chi connectivity index (χ1n) is 9.98. The van der Waals surface area contributed by atoms with Crippen LogP contribution in [0.15, 0.2) is 12.3 Å². The summed E-state index contributed by atoms with van der Waals surface area (Å²) in [5.74, 6) is 1.41. The Morgan fingerprint density at radius 2 is 2.04 bits per heavy atom. The number of fused-ring (bicyclic) bond motifs is 1. The maximum Gasteiger partial charge on any atom is 0.272 e. The van der Waals surface area contributed by atoms with Crippen LogP contribution in [0.3, 0.4) is 0 Å². The first-order valence-corrected chi connectivity index (χ1v) is 9.98. The van der Waals surface area contributed by atoms with Crippen LogP contribution in [0.1, 0.15) is 70.9 Å². The zero-order valence-corrected chi connectivity index (χ0v) is 16.1. The fourth-order valence-electron chi connectivity index (χ4n) is 4.33. The number of hydrogen-bond donors (Lipinski definition) is 0. The first-order chi connectivity index (χ1) is 13.1. The van der Waals surface area contributed by atoms with E-state index in [1.165, 1.54) is 18.4 Å². The third kappa shape index (κ3) is 3.04. The molecule has 0 radical (unpaired) electrons. The number of rotatable bonds is 3. The molecular weight excluding hydrogens is 340 g/mol. The van der Waals surface area contributed by atoms with E-state index >= 15 is 0 Å². The van der Waals surface area contributed by atoms with Crippen molar-refractivity contribution in [3.63, 3.8) is 0 Å². The van der Waals surface area contributed by atoms with Crippen molar-refractivity contribution in [1.29, 1.82) is 0 Å². The van der Waals surface area contributed by atoms with Crippen molar-refractivity contribution in [2.45, 2.75) is 50.6 Å². The second kappa shape index (κ2) is 6.41. The quantitative estimate of drug-likeness (QED) is 0.832. The smallest absolute Gasteiger partial charge is 0.272 e. The molecule has 0 aromatic carbocycles. The minimum absolute atomic E-state index is 0.0262. The zero-order valence-electron chi connectivity index (χ0n) is 16.1. The molecule has 2 aliphatic heterocycles. The van der Waals surface area contributed by atoms with Crippen LogP contribution >= 0.6 is 0 Å². The van der Waals surface area contributed by atoms with Gasteiger partial charge in [0.05, 0.1) is 11.7 Å². The van der Waals surface area contributed by atoms with E-state index in [2.05, 4.69) is 22.0 Å². The van der Waals surface area contributed by atoms with Gasteiger partial charge in [-0.25, -0.2) is 9.97 Å². The van der Waals surface area contributed by atoms with Gasteiger partial charge in [-0.3, -0.25) is 9.48 Å². The summed E-state index contributed by atoms with van der Waals surface area (Å²) in [6, 6.07) is 1.96. The molecule has 7 nitrogen and oxygen atoms in total. The summed E-state index contributed by atoms with van der Waals surface area (Å²) in [6.45, 7) is 2.69. The fourth-order valence-corrected chi connectivity index (χ4v) is 4.33. The molecule has 3 aliphatic rings. The highest BCUT2D eigenvalue weighted by atomic mass is 16.2. The minimum Gasteiger partial charge on any atom is -0.327 e. The van der Waals surface area contributed by atoms with Gasteiger partial charge in [0.1, 0.15) is 5.69 Å². The van der Waals surface area contributed by atoms with Crippen molar-refractivity contribution in [3.8, 4) is 0 Å². The van der Waals surface area contributed by atoms with E-state index in [4.69, 9.17) is 4.98 Å². The summed E-state index contributed by atoms with van der Waals surface area (Å²) in [5, 5.41) is 4.56. The Labute approximate surface area is 159 Å². The highest BCUT2D eigenvalue weighted by Gasteiger charge is 2.35. The zero-order chi connectivity index (χ0) is 18.5. The lowest BCUT2D eigenvalue weighted by molar-refractivity contribution is 0.0718. The van der Waals surface area contributed by atoms with Crippen molar-refractivity contribution in [3.05, 3.63) is 40.7 Å². The maximum atomic E-state index is 13.2. The van der Waals surface area contributed by atoms with E-state index in [0.29, 0.717) is 11.6 Å². The number of aromatic nitrogens is 4. The molecule has 2 fully saturated rings. The fraction of sp³-hybridized carbons (Fsp3) is 0.600. The molecule has 0 N–H and O–H groups in total. The number of amides is 1. The number of aryl methyl sites for hydroxylation is 1. The molecule has 0 unspecified atom stereocenters. The molecule has 1 saturated carbocycles. The van der Waals surface area contributed by atoms with E-state index in [1.807, 2.05) is 24.2 Å². The molecule has 2 aromatic heterocycles. The summed E-state index contributed by atoms with van der Waals surface area (Å²) >= 11 is 0. The first kappa shape index (κ1) is 16.9. The largest absolute Gasteiger partial charge is 0.327 e. The van der Waals surface area contributed by atoms with Crippen LogP contribution in [0.5, 0.6) is 0 Å². The number of hydrogen-bond acceptors (Lipinski definition) is 5. The van der Waals surface area contributed by atoms with Gasteiger partial charge in [-0.2, -0.15) is 5.10 Å². The molecule has 2 aromatic rings. The molecule has 7 heteroatoms. The number of carbonyl (C=O) groups is 1. The summed E-state index contributed by atoms with van der Waals surface area (Å²) in [6.07, 6.45) is 7.22. The van der Waals surface area contributed by atoms with Crippen LogP contribution < -0.4 is 0 Å². The lowest BCUT2D eigenvalue weighted by Gasteiger charge is -2.27. The van der Waals surface area contributed by atoms with E-state index in [1.54, 1.807) is 4.68 Å². The molecule has 4 heterocycles. The van der Waals surface area contributed by atoms with Gasteiger partial charge in [0, 0.05) is 56.5 Å². The van der Waals surface area contributed by atoms with E-state index in [-0.39, 0.29) is 11.9 Å². The van der Waals surface area contributed by atoms with Crippen LogP contribution in [0.2, 0.25) is 0 Å². The molecule has 0 bridgehead atoms. The third-order valence-corrected chi connectivity index (χ3v) is 6.07. The molecule has 142 valence electrons.